The van der Waals surface area contributed by atoms with Crippen LogP contribution in [0.1, 0.15) is 13.8 Å². The average molecular weight is 645 g/mol. The van der Waals surface area contributed by atoms with Crippen molar-refractivity contribution < 1.29 is 0 Å². The third-order valence-corrected chi connectivity index (χ3v) is 9.67. The lowest BCUT2D eigenvalue weighted by Crippen LogP contribution is -2.23. The molecule has 0 saturated carbocycles. The van der Waals surface area contributed by atoms with E-state index in [-0.39, 0.29) is 0 Å². The molecule has 0 bridgehead atoms. The molecule has 0 unspecified atom stereocenters. The fourth-order valence-electron chi connectivity index (χ4n) is 7.31. The number of nitrogens with zero attached hydrogens (tertiary/aromatic N) is 1. The van der Waals surface area contributed by atoms with Crippen molar-refractivity contribution in [3.05, 3.63) is 176 Å². The second kappa shape index (κ2) is 13.4. The number of hydrogen-bond acceptors (Lipinski definition) is 2. The van der Waals surface area contributed by atoms with Gasteiger partial charge in [-0.1, -0.05) is 166 Å². The zero-order valence-electron chi connectivity index (χ0n) is 28.6. The zero-order valence-corrected chi connectivity index (χ0v) is 28.6. The maximum Gasteiger partial charge on any atom is 0.0644 e. The van der Waals surface area contributed by atoms with Gasteiger partial charge in [0.25, 0.3) is 0 Å². The summed E-state index contributed by atoms with van der Waals surface area (Å²) in [6.07, 6.45) is 0. The molecule has 0 fully saturated rings. The minimum Gasteiger partial charge on any atom is -0.397 e. The molecule has 8 aromatic rings. The van der Waals surface area contributed by atoms with E-state index in [1.807, 2.05) is 12.1 Å². The van der Waals surface area contributed by atoms with Crippen molar-refractivity contribution in [2.24, 2.45) is 5.92 Å². The topological polar surface area (TPSA) is 29.3 Å². The van der Waals surface area contributed by atoms with Crippen LogP contribution in [0.25, 0.3) is 66.1 Å². The van der Waals surface area contributed by atoms with Gasteiger partial charge in [0.2, 0.25) is 0 Å². The second-order valence-corrected chi connectivity index (χ2v) is 13.5. The third-order valence-electron chi connectivity index (χ3n) is 9.67. The largest absolute Gasteiger partial charge is 0.397 e. The standard InChI is InChI=1S/C48H40N2/c1-33(2)32-50(46-19-11-10-18-45(46)49)40-30-28-39(29-31-40)48-43-16-8-6-14-41(43)47(42-15-7-9-17-44(42)48)38-26-24-37(25-27-38)36-22-20-35(21-23-36)34-12-4-3-5-13-34/h3-31,33H,32,49H2,1-2H3. The molecule has 2 N–H and O–H groups in total. The molecule has 0 aliphatic rings. The highest BCUT2D eigenvalue weighted by atomic mass is 15.1. The van der Waals surface area contributed by atoms with Crippen LogP contribution < -0.4 is 10.6 Å². The lowest BCUT2D eigenvalue weighted by atomic mass is 9.85. The molecule has 0 amide bonds. The summed E-state index contributed by atoms with van der Waals surface area (Å²) in [5.41, 5.74) is 19.3. The summed E-state index contributed by atoms with van der Waals surface area (Å²) in [5.74, 6) is 0.476. The molecule has 0 aliphatic carbocycles. The molecule has 0 heterocycles. The SMILES string of the molecule is CC(C)CN(c1ccc(-c2c3ccccc3c(-c3ccc(-c4ccc(-c5ccccc5)cc4)cc3)c3ccccc23)cc1)c1ccccc1N. The number of fused-ring (bicyclic) bond motifs is 2. The number of hydrogen-bond donors (Lipinski definition) is 1. The van der Waals surface area contributed by atoms with Crippen molar-refractivity contribution in [1.29, 1.82) is 0 Å². The van der Waals surface area contributed by atoms with Crippen molar-refractivity contribution in [1.82, 2.24) is 0 Å². The van der Waals surface area contributed by atoms with E-state index in [0.29, 0.717) is 5.92 Å². The number of para-hydroxylation sites is 2. The van der Waals surface area contributed by atoms with Gasteiger partial charge in [0.1, 0.15) is 0 Å². The highest BCUT2D eigenvalue weighted by Gasteiger charge is 2.18. The van der Waals surface area contributed by atoms with Crippen LogP contribution in [0.3, 0.4) is 0 Å². The molecule has 0 spiro atoms. The van der Waals surface area contributed by atoms with E-state index in [2.05, 4.69) is 183 Å². The van der Waals surface area contributed by atoms with Gasteiger partial charge in [-0.2, -0.15) is 0 Å². The zero-order chi connectivity index (χ0) is 34.0. The fraction of sp³-hybridized carbons (Fsp3) is 0.0833. The Balaban J connectivity index is 1.19. The first-order valence-electron chi connectivity index (χ1n) is 17.5. The van der Waals surface area contributed by atoms with Gasteiger partial charge in [-0.05, 0) is 96.2 Å². The predicted molar refractivity (Wildman–Crippen MR) is 216 cm³/mol. The van der Waals surface area contributed by atoms with Gasteiger partial charge in [0, 0.05) is 12.2 Å². The van der Waals surface area contributed by atoms with Crippen molar-refractivity contribution in [2.45, 2.75) is 13.8 Å². The molecule has 0 saturated heterocycles. The predicted octanol–water partition coefficient (Wildman–Crippen LogP) is 13.0. The van der Waals surface area contributed by atoms with Gasteiger partial charge in [0.05, 0.1) is 11.4 Å². The van der Waals surface area contributed by atoms with Gasteiger partial charge >= 0.3 is 0 Å². The number of anilines is 3. The van der Waals surface area contributed by atoms with Gasteiger partial charge < -0.3 is 10.6 Å². The summed E-state index contributed by atoms with van der Waals surface area (Å²) < 4.78 is 0. The average Bonchev–Trinajstić information content (AvgIpc) is 3.17. The molecule has 0 aliphatic heterocycles. The molecule has 0 aromatic heterocycles. The van der Waals surface area contributed by atoms with Crippen LogP contribution in [-0.2, 0) is 0 Å². The first-order chi connectivity index (χ1) is 24.5. The van der Waals surface area contributed by atoms with Crippen LogP contribution in [0.5, 0.6) is 0 Å². The summed E-state index contributed by atoms with van der Waals surface area (Å²) >= 11 is 0. The molecule has 2 nitrogen and oxygen atoms in total. The van der Waals surface area contributed by atoms with Crippen LogP contribution in [0.15, 0.2) is 176 Å². The first-order valence-corrected chi connectivity index (χ1v) is 17.5. The second-order valence-electron chi connectivity index (χ2n) is 13.5. The van der Waals surface area contributed by atoms with Crippen LogP contribution in [-0.4, -0.2) is 6.54 Å². The first kappa shape index (κ1) is 31.2. The van der Waals surface area contributed by atoms with Crippen molar-refractivity contribution in [3.63, 3.8) is 0 Å². The monoisotopic (exact) mass is 644 g/mol. The maximum atomic E-state index is 6.46. The van der Waals surface area contributed by atoms with E-state index < -0.39 is 0 Å². The highest BCUT2D eigenvalue weighted by Crippen LogP contribution is 2.44. The normalized spacial score (nSPS) is 11.3. The lowest BCUT2D eigenvalue weighted by Gasteiger charge is -2.28. The van der Waals surface area contributed by atoms with Crippen molar-refractivity contribution in [2.75, 3.05) is 17.2 Å². The third kappa shape index (κ3) is 5.90. The minimum absolute atomic E-state index is 0.476. The summed E-state index contributed by atoms with van der Waals surface area (Å²) in [6, 6.07) is 63.4. The van der Waals surface area contributed by atoms with E-state index in [4.69, 9.17) is 5.73 Å². The van der Waals surface area contributed by atoms with Crippen molar-refractivity contribution in [3.8, 4) is 44.5 Å². The van der Waals surface area contributed by atoms with Crippen LogP contribution >= 0.6 is 0 Å². The Bertz CT molecular complexity index is 2350. The quantitative estimate of drug-likeness (QED) is 0.132. The van der Waals surface area contributed by atoms with Gasteiger partial charge in [0.15, 0.2) is 0 Å². The minimum atomic E-state index is 0.476. The van der Waals surface area contributed by atoms with E-state index in [1.165, 1.54) is 66.1 Å². The highest BCUT2D eigenvalue weighted by molar-refractivity contribution is 6.21. The molecule has 50 heavy (non-hydrogen) atoms. The van der Waals surface area contributed by atoms with E-state index in [9.17, 15) is 0 Å². The molecular weight excluding hydrogens is 605 g/mol. The number of nitrogens with two attached hydrogens (primary N) is 1. The molecular formula is C48H40N2. The van der Waals surface area contributed by atoms with E-state index in [0.717, 1.165) is 23.6 Å². The Morgan fingerprint density at radius 1 is 0.400 bits per heavy atom. The van der Waals surface area contributed by atoms with Crippen molar-refractivity contribution >= 4 is 38.6 Å². The molecule has 8 aromatic carbocycles. The Morgan fingerprint density at radius 2 is 0.760 bits per heavy atom. The smallest absolute Gasteiger partial charge is 0.0644 e. The number of nitrogen functional groups attached to an aromatic ring is 1. The summed E-state index contributed by atoms with van der Waals surface area (Å²) in [4.78, 5) is 2.34. The Kier molecular flexibility index (Phi) is 8.36. The molecule has 0 atom stereocenters. The maximum absolute atomic E-state index is 6.46. The Labute approximate surface area is 295 Å². The number of benzene rings is 8. The summed E-state index contributed by atoms with van der Waals surface area (Å²) in [6.45, 7) is 5.38. The van der Waals surface area contributed by atoms with Gasteiger partial charge in [-0.25, -0.2) is 0 Å². The molecule has 0 radical (unpaired) electrons. The van der Waals surface area contributed by atoms with Crippen LogP contribution in [0, 0.1) is 5.92 Å². The van der Waals surface area contributed by atoms with E-state index >= 15 is 0 Å². The fourth-order valence-corrected chi connectivity index (χ4v) is 7.31. The number of rotatable bonds is 8. The lowest BCUT2D eigenvalue weighted by molar-refractivity contribution is 0.652. The Morgan fingerprint density at radius 3 is 1.20 bits per heavy atom. The van der Waals surface area contributed by atoms with E-state index in [1.54, 1.807) is 0 Å². The molecule has 2 heteroatoms. The van der Waals surface area contributed by atoms with Crippen LogP contribution in [0.2, 0.25) is 0 Å². The summed E-state index contributed by atoms with van der Waals surface area (Å²) in [7, 11) is 0. The molecule has 8 rings (SSSR count). The summed E-state index contributed by atoms with van der Waals surface area (Å²) in [5, 5.41) is 5.01. The van der Waals surface area contributed by atoms with Gasteiger partial charge in [-0.3, -0.25) is 0 Å². The van der Waals surface area contributed by atoms with Crippen LogP contribution in [0.4, 0.5) is 17.1 Å². The molecule has 242 valence electrons. The van der Waals surface area contributed by atoms with Gasteiger partial charge in [-0.15, -0.1) is 0 Å². The Hall–Kier alpha value is -6.12.